The van der Waals surface area contributed by atoms with Gasteiger partial charge in [0, 0.05) is 25.7 Å². The van der Waals surface area contributed by atoms with Crippen LogP contribution in [0.3, 0.4) is 0 Å². The summed E-state index contributed by atoms with van der Waals surface area (Å²) in [5, 5.41) is 3.34. The average molecular weight is 276 g/mol. The van der Waals surface area contributed by atoms with Crippen molar-refractivity contribution in [1.29, 1.82) is 0 Å². The fourth-order valence-corrected chi connectivity index (χ4v) is 2.99. The molecule has 0 amide bonds. The minimum atomic E-state index is 0.702. The molecule has 1 aliphatic heterocycles. The van der Waals surface area contributed by atoms with E-state index >= 15 is 0 Å². The Hall–Kier alpha value is -1.06. The maximum absolute atomic E-state index is 5.90. The van der Waals surface area contributed by atoms with Crippen LogP contribution in [0.15, 0.2) is 24.3 Å². The van der Waals surface area contributed by atoms with Gasteiger partial charge in [-0.3, -0.25) is 4.90 Å². The fraction of sp³-hybridized carbons (Fsp3) is 0.647. The average Bonchev–Trinajstić information content (AvgIpc) is 2.75. The topological polar surface area (TPSA) is 24.5 Å². The lowest BCUT2D eigenvalue weighted by Gasteiger charge is -2.21. The lowest BCUT2D eigenvalue weighted by molar-refractivity contribution is 0.202. The van der Waals surface area contributed by atoms with Crippen molar-refractivity contribution in [3.63, 3.8) is 0 Å². The van der Waals surface area contributed by atoms with Crippen molar-refractivity contribution in [3.05, 3.63) is 29.8 Å². The number of hydrogen-bond acceptors (Lipinski definition) is 3. The molecule has 2 unspecified atom stereocenters. The van der Waals surface area contributed by atoms with Gasteiger partial charge in [0.1, 0.15) is 12.4 Å². The molecule has 1 aliphatic rings. The highest BCUT2D eigenvalue weighted by Crippen LogP contribution is 2.21. The molecule has 1 fully saturated rings. The first-order valence-corrected chi connectivity index (χ1v) is 7.85. The van der Waals surface area contributed by atoms with Gasteiger partial charge >= 0.3 is 0 Å². The van der Waals surface area contributed by atoms with E-state index in [-0.39, 0.29) is 0 Å². The lowest BCUT2D eigenvalue weighted by Crippen LogP contribution is -2.31. The first kappa shape index (κ1) is 15.3. The SMILES string of the molecule is CCNCc1cccc(OCCN2CC(C)CC2C)c1. The summed E-state index contributed by atoms with van der Waals surface area (Å²) < 4.78 is 5.90. The summed E-state index contributed by atoms with van der Waals surface area (Å²) in [6.45, 7) is 11.7. The Kier molecular flexibility index (Phi) is 5.86. The molecule has 0 bridgehead atoms. The third-order valence-electron chi connectivity index (χ3n) is 4.04. The first-order chi connectivity index (χ1) is 9.69. The quantitative estimate of drug-likeness (QED) is 0.829. The van der Waals surface area contributed by atoms with Gasteiger partial charge in [-0.25, -0.2) is 0 Å². The van der Waals surface area contributed by atoms with Crippen LogP contribution in [0.4, 0.5) is 0 Å². The lowest BCUT2D eigenvalue weighted by atomic mass is 10.1. The molecule has 1 aromatic rings. The van der Waals surface area contributed by atoms with Crippen LogP contribution in [0.1, 0.15) is 32.8 Å². The molecule has 3 nitrogen and oxygen atoms in total. The zero-order chi connectivity index (χ0) is 14.4. The summed E-state index contributed by atoms with van der Waals surface area (Å²) in [7, 11) is 0. The summed E-state index contributed by atoms with van der Waals surface area (Å²) in [5.74, 6) is 1.81. The highest BCUT2D eigenvalue weighted by molar-refractivity contribution is 5.28. The second-order valence-corrected chi connectivity index (χ2v) is 5.96. The molecule has 0 radical (unpaired) electrons. The van der Waals surface area contributed by atoms with E-state index in [0.717, 1.165) is 37.9 Å². The van der Waals surface area contributed by atoms with Gasteiger partial charge in [-0.05, 0) is 43.5 Å². The molecule has 1 heterocycles. The van der Waals surface area contributed by atoms with Gasteiger partial charge in [-0.2, -0.15) is 0 Å². The molecular formula is C17H28N2O. The zero-order valence-electron chi connectivity index (χ0n) is 13.1. The van der Waals surface area contributed by atoms with Gasteiger partial charge in [-0.15, -0.1) is 0 Å². The first-order valence-electron chi connectivity index (χ1n) is 7.85. The fourth-order valence-electron chi connectivity index (χ4n) is 2.99. The number of benzene rings is 1. The Balaban J connectivity index is 1.76. The normalized spacial score (nSPS) is 23.1. The second-order valence-electron chi connectivity index (χ2n) is 5.96. The zero-order valence-corrected chi connectivity index (χ0v) is 13.1. The maximum atomic E-state index is 5.90. The molecule has 0 saturated carbocycles. The molecule has 1 N–H and O–H groups in total. The van der Waals surface area contributed by atoms with Crippen molar-refractivity contribution in [1.82, 2.24) is 10.2 Å². The van der Waals surface area contributed by atoms with Crippen LogP contribution in [0.25, 0.3) is 0 Å². The molecule has 20 heavy (non-hydrogen) atoms. The molecule has 0 spiro atoms. The van der Waals surface area contributed by atoms with Crippen molar-refractivity contribution < 1.29 is 4.74 Å². The van der Waals surface area contributed by atoms with Gasteiger partial charge in [0.2, 0.25) is 0 Å². The highest BCUT2D eigenvalue weighted by Gasteiger charge is 2.25. The van der Waals surface area contributed by atoms with Crippen LogP contribution in [0, 0.1) is 5.92 Å². The number of hydrogen-bond donors (Lipinski definition) is 1. The van der Waals surface area contributed by atoms with Gasteiger partial charge < -0.3 is 10.1 Å². The number of nitrogens with one attached hydrogen (secondary N) is 1. The van der Waals surface area contributed by atoms with Crippen molar-refractivity contribution in [2.75, 3.05) is 26.2 Å². The molecular weight excluding hydrogens is 248 g/mol. The number of rotatable bonds is 7. The highest BCUT2D eigenvalue weighted by atomic mass is 16.5. The van der Waals surface area contributed by atoms with Crippen molar-refractivity contribution in [2.24, 2.45) is 5.92 Å². The van der Waals surface area contributed by atoms with Crippen molar-refractivity contribution in [2.45, 2.75) is 39.8 Å². The van der Waals surface area contributed by atoms with E-state index in [1.165, 1.54) is 18.5 Å². The van der Waals surface area contributed by atoms with E-state index in [0.29, 0.717) is 6.04 Å². The van der Waals surface area contributed by atoms with E-state index in [2.05, 4.69) is 49.2 Å². The Morgan fingerprint density at radius 3 is 2.90 bits per heavy atom. The summed E-state index contributed by atoms with van der Waals surface area (Å²) in [4.78, 5) is 2.53. The number of nitrogens with zero attached hydrogens (tertiary/aromatic N) is 1. The monoisotopic (exact) mass is 276 g/mol. The molecule has 2 atom stereocenters. The molecule has 0 aromatic heterocycles. The van der Waals surface area contributed by atoms with Gasteiger partial charge in [0.05, 0.1) is 0 Å². The van der Waals surface area contributed by atoms with Crippen LogP contribution >= 0.6 is 0 Å². The molecule has 1 aromatic carbocycles. The summed E-state index contributed by atoms with van der Waals surface area (Å²) in [6.07, 6.45) is 1.32. The van der Waals surface area contributed by atoms with Crippen LogP contribution < -0.4 is 10.1 Å². The smallest absolute Gasteiger partial charge is 0.119 e. The Morgan fingerprint density at radius 2 is 2.20 bits per heavy atom. The summed E-state index contributed by atoms with van der Waals surface area (Å²) in [6, 6.07) is 9.10. The minimum absolute atomic E-state index is 0.702. The number of ether oxygens (including phenoxy) is 1. The molecule has 2 rings (SSSR count). The standard InChI is InChI=1S/C17H28N2O/c1-4-18-12-16-6-5-7-17(11-16)20-9-8-19-13-14(2)10-15(19)3/h5-7,11,14-15,18H,4,8-10,12-13H2,1-3H3. The van der Waals surface area contributed by atoms with Gasteiger partial charge in [-0.1, -0.05) is 26.0 Å². The van der Waals surface area contributed by atoms with E-state index in [9.17, 15) is 0 Å². The van der Waals surface area contributed by atoms with Crippen molar-refractivity contribution in [3.8, 4) is 5.75 Å². The molecule has 112 valence electrons. The van der Waals surface area contributed by atoms with Crippen LogP contribution in [-0.4, -0.2) is 37.2 Å². The maximum Gasteiger partial charge on any atom is 0.119 e. The Bertz CT molecular complexity index is 408. The van der Waals surface area contributed by atoms with Crippen molar-refractivity contribution >= 4 is 0 Å². The van der Waals surface area contributed by atoms with E-state index < -0.39 is 0 Å². The van der Waals surface area contributed by atoms with Crippen LogP contribution in [0.5, 0.6) is 5.75 Å². The van der Waals surface area contributed by atoms with Crippen LogP contribution in [-0.2, 0) is 6.54 Å². The summed E-state index contributed by atoms with van der Waals surface area (Å²) in [5.41, 5.74) is 1.28. The predicted octanol–water partition coefficient (Wildman–Crippen LogP) is 2.91. The minimum Gasteiger partial charge on any atom is -0.492 e. The van der Waals surface area contributed by atoms with E-state index in [4.69, 9.17) is 4.74 Å². The van der Waals surface area contributed by atoms with Gasteiger partial charge in [0.15, 0.2) is 0 Å². The Morgan fingerprint density at radius 1 is 1.35 bits per heavy atom. The van der Waals surface area contributed by atoms with E-state index in [1.54, 1.807) is 0 Å². The molecule has 3 heteroatoms. The molecule has 0 aliphatic carbocycles. The molecule has 1 saturated heterocycles. The summed E-state index contributed by atoms with van der Waals surface area (Å²) >= 11 is 0. The van der Waals surface area contributed by atoms with Crippen LogP contribution in [0.2, 0.25) is 0 Å². The largest absolute Gasteiger partial charge is 0.492 e. The second kappa shape index (κ2) is 7.65. The number of likely N-dealkylation sites (tertiary alicyclic amines) is 1. The van der Waals surface area contributed by atoms with Gasteiger partial charge in [0.25, 0.3) is 0 Å². The Labute approximate surface area is 123 Å². The predicted molar refractivity (Wildman–Crippen MR) is 84.1 cm³/mol. The third kappa shape index (κ3) is 4.50. The van der Waals surface area contributed by atoms with E-state index in [1.807, 2.05) is 6.07 Å². The third-order valence-corrected chi connectivity index (χ3v) is 4.04.